The summed E-state index contributed by atoms with van der Waals surface area (Å²) in [5, 5.41) is 0. The molecule has 0 aromatic heterocycles. The first kappa shape index (κ1) is 26.6. The summed E-state index contributed by atoms with van der Waals surface area (Å²) in [4.78, 5) is 0. The predicted molar refractivity (Wildman–Crippen MR) is 107 cm³/mol. The molecule has 0 aliphatic heterocycles. The van der Waals surface area contributed by atoms with E-state index in [1.54, 1.807) is 64.2 Å². The monoisotopic (exact) mass is 380 g/mol. The van der Waals surface area contributed by atoms with Gasteiger partial charge in [0.15, 0.2) is 0 Å². The Morgan fingerprint density at radius 1 is 0.520 bits per heavy atom. The molecule has 3 saturated carbocycles. The minimum atomic E-state index is 0. The van der Waals surface area contributed by atoms with Crippen LogP contribution in [-0.4, -0.2) is 0 Å². The van der Waals surface area contributed by atoms with Crippen molar-refractivity contribution >= 4 is 0 Å². The van der Waals surface area contributed by atoms with Crippen LogP contribution in [0.2, 0.25) is 0 Å². The molecule has 0 spiro atoms. The van der Waals surface area contributed by atoms with Crippen molar-refractivity contribution in [1.29, 1.82) is 0 Å². The summed E-state index contributed by atoms with van der Waals surface area (Å²) in [6, 6.07) is 0. The number of hydrogen-bond acceptors (Lipinski definition) is 0. The van der Waals surface area contributed by atoms with Gasteiger partial charge >= 0.3 is 51.4 Å². The van der Waals surface area contributed by atoms with Gasteiger partial charge in [-0.05, 0) is 48.3 Å². The molecule has 0 radical (unpaired) electrons. The quantitative estimate of drug-likeness (QED) is 0.593. The van der Waals surface area contributed by atoms with Crippen molar-refractivity contribution in [1.82, 2.24) is 0 Å². The molecule has 0 bridgehead atoms. The second-order valence-corrected chi connectivity index (χ2v) is 9.61. The Morgan fingerprint density at radius 2 is 0.720 bits per heavy atom. The molecule has 0 unspecified atom stereocenters. The third-order valence-electron chi connectivity index (χ3n) is 7.57. The van der Waals surface area contributed by atoms with Gasteiger partial charge in [0.2, 0.25) is 0 Å². The molecular weight excluding hydrogens is 334 g/mol. The second kappa shape index (κ2) is 13.7. The van der Waals surface area contributed by atoms with Crippen molar-refractivity contribution < 1.29 is 57.5 Å². The van der Waals surface area contributed by atoms with Gasteiger partial charge < -0.3 is 1.43 Å². The molecule has 0 amide bonds. The van der Waals surface area contributed by atoms with Gasteiger partial charge in [-0.3, -0.25) is 4.70 Å². The predicted octanol–water partition coefficient (Wildman–Crippen LogP) is 5.13. The van der Waals surface area contributed by atoms with E-state index < -0.39 is 0 Å². The van der Waals surface area contributed by atoms with Gasteiger partial charge in [-0.2, -0.15) is 0 Å². The van der Waals surface area contributed by atoms with E-state index in [-0.39, 0.29) is 64.9 Å². The summed E-state index contributed by atoms with van der Waals surface area (Å²) < 4.78 is 0. The number of hydrogen-bond donors (Lipinski definition) is 0. The molecule has 0 aromatic carbocycles. The summed E-state index contributed by atoms with van der Waals surface area (Å²) in [7, 11) is 0. The normalized spacial score (nSPS) is 38.6. The van der Waals surface area contributed by atoms with Crippen molar-refractivity contribution in [3.63, 3.8) is 0 Å². The Hall–Kier alpha value is 1.57. The third-order valence-corrected chi connectivity index (χ3v) is 7.57. The molecule has 0 saturated heterocycles. The van der Waals surface area contributed by atoms with Crippen molar-refractivity contribution in [2.45, 2.75) is 111 Å². The van der Waals surface area contributed by atoms with E-state index in [4.69, 9.17) is 0 Å². The van der Waals surface area contributed by atoms with Crippen molar-refractivity contribution in [2.75, 3.05) is 0 Å². The standard InChI is InChI=1S/C22H40.CH4.FH.K.H/c1-17-3-7-19(8-4-17)15-21-11-13-22(14-12-21)16-20-9-5-18(2)6-10-20;;;;/h17-22H,3-16H2,1-2H3;1H4;1H;;/q;;;+1;-1. The number of rotatable bonds is 4. The smallest absolute Gasteiger partial charge is 1.00 e. The van der Waals surface area contributed by atoms with Gasteiger partial charge in [-0.15, -0.1) is 0 Å². The molecule has 3 rings (SSSR count). The molecule has 3 fully saturated rings. The molecule has 2 heteroatoms. The fraction of sp³-hybridized carbons (Fsp3) is 1.00. The van der Waals surface area contributed by atoms with Crippen LogP contribution in [-0.2, 0) is 0 Å². The maximum atomic E-state index is 2.45. The molecule has 3 aliphatic rings. The van der Waals surface area contributed by atoms with E-state index in [1.807, 2.05) is 0 Å². The molecule has 3 aliphatic carbocycles. The summed E-state index contributed by atoms with van der Waals surface area (Å²) >= 11 is 0. The van der Waals surface area contributed by atoms with Crippen LogP contribution in [0.25, 0.3) is 0 Å². The van der Waals surface area contributed by atoms with Gasteiger partial charge in [-0.1, -0.05) is 98.3 Å². The zero-order valence-corrected chi connectivity index (χ0v) is 19.9. The van der Waals surface area contributed by atoms with Gasteiger partial charge in [0.1, 0.15) is 0 Å². The average molecular weight is 381 g/mol. The first-order valence-electron chi connectivity index (χ1n) is 10.7. The maximum absolute atomic E-state index is 2.45. The molecule has 146 valence electrons. The summed E-state index contributed by atoms with van der Waals surface area (Å²) in [6.45, 7) is 4.90. The largest absolute Gasteiger partial charge is 1.00 e. The van der Waals surface area contributed by atoms with Gasteiger partial charge in [0.25, 0.3) is 0 Å². The molecule has 0 nitrogen and oxygen atoms in total. The van der Waals surface area contributed by atoms with Crippen LogP contribution in [0.15, 0.2) is 0 Å². The first-order valence-corrected chi connectivity index (χ1v) is 10.7. The first-order chi connectivity index (χ1) is 10.7. The topological polar surface area (TPSA) is 0 Å². The van der Waals surface area contributed by atoms with Crippen LogP contribution in [0.4, 0.5) is 4.70 Å². The Morgan fingerprint density at radius 3 is 0.960 bits per heavy atom. The van der Waals surface area contributed by atoms with Crippen molar-refractivity contribution in [3.05, 3.63) is 0 Å². The SMILES string of the molecule is C.CC1CCC(CC2CCC(CC3CCC(C)CC3)CC2)CC1.F.[H-].[K+]. The van der Waals surface area contributed by atoms with E-state index in [1.165, 1.54) is 25.7 Å². The minimum Gasteiger partial charge on any atom is -1.00 e. The van der Waals surface area contributed by atoms with Crippen LogP contribution in [0, 0.1) is 35.5 Å². The Labute approximate surface area is 202 Å². The fourth-order valence-corrected chi connectivity index (χ4v) is 5.78. The van der Waals surface area contributed by atoms with E-state index in [2.05, 4.69) is 13.8 Å². The average Bonchev–Trinajstić information content (AvgIpc) is 2.54. The van der Waals surface area contributed by atoms with E-state index in [0.717, 1.165) is 35.5 Å². The van der Waals surface area contributed by atoms with Crippen LogP contribution < -0.4 is 51.4 Å². The van der Waals surface area contributed by atoms with Crippen molar-refractivity contribution in [2.24, 2.45) is 35.5 Å². The van der Waals surface area contributed by atoms with E-state index in [0.29, 0.717) is 0 Å². The van der Waals surface area contributed by atoms with Crippen LogP contribution in [0.5, 0.6) is 0 Å². The fourth-order valence-electron chi connectivity index (χ4n) is 5.78. The zero-order valence-electron chi connectivity index (χ0n) is 17.8. The van der Waals surface area contributed by atoms with E-state index in [9.17, 15) is 0 Å². The van der Waals surface area contributed by atoms with Gasteiger partial charge in [-0.25, -0.2) is 0 Å². The summed E-state index contributed by atoms with van der Waals surface area (Å²) in [6.07, 6.45) is 21.7. The van der Waals surface area contributed by atoms with Gasteiger partial charge in [0, 0.05) is 0 Å². The molecule has 0 atom stereocenters. The summed E-state index contributed by atoms with van der Waals surface area (Å²) in [5.74, 6) is 6.42. The van der Waals surface area contributed by atoms with E-state index >= 15 is 0 Å². The molecule has 0 aromatic rings. The maximum Gasteiger partial charge on any atom is 1.00 e. The van der Waals surface area contributed by atoms with Crippen LogP contribution in [0.3, 0.4) is 0 Å². The molecule has 0 heterocycles. The molecular formula is C23H46FK. The second-order valence-electron chi connectivity index (χ2n) is 9.61. The molecule has 0 N–H and O–H groups in total. The number of halogens is 1. The Bertz CT molecular complexity index is 282. The summed E-state index contributed by atoms with van der Waals surface area (Å²) in [5.41, 5.74) is 0. The Balaban J connectivity index is 0. The molecule has 25 heavy (non-hydrogen) atoms. The van der Waals surface area contributed by atoms with Crippen LogP contribution in [0.1, 0.15) is 113 Å². The third kappa shape index (κ3) is 9.07. The van der Waals surface area contributed by atoms with Crippen LogP contribution >= 0.6 is 0 Å². The minimum absolute atomic E-state index is 0. The van der Waals surface area contributed by atoms with Gasteiger partial charge in [0.05, 0.1) is 0 Å². The Kier molecular flexibility index (Phi) is 14.6. The van der Waals surface area contributed by atoms with Crippen molar-refractivity contribution in [3.8, 4) is 0 Å². The zero-order chi connectivity index (χ0) is 15.4.